The molecular formula is C31H34ClN3O4. The number of fused-ring (bicyclic) bond motifs is 1. The molecule has 3 fully saturated rings. The molecule has 6 rings (SSSR count). The summed E-state index contributed by atoms with van der Waals surface area (Å²) in [6.07, 6.45) is 6.23. The van der Waals surface area contributed by atoms with E-state index in [0.29, 0.717) is 22.5 Å². The number of rotatable bonds is 6. The fourth-order valence-electron chi connectivity index (χ4n) is 7.06. The first kappa shape index (κ1) is 26.1. The molecule has 0 unspecified atom stereocenters. The van der Waals surface area contributed by atoms with Crippen LogP contribution >= 0.6 is 11.6 Å². The summed E-state index contributed by atoms with van der Waals surface area (Å²) < 4.78 is 6.47. The second-order valence-corrected chi connectivity index (χ2v) is 12.0. The molecule has 1 spiro atoms. The van der Waals surface area contributed by atoms with Crippen LogP contribution in [0.3, 0.4) is 0 Å². The lowest BCUT2D eigenvalue weighted by Gasteiger charge is -2.38. The average Bonchev–Trinajstić information content (AvgIpc) is 3.55. The number of carbonyl (C=O) groups is 3. The normalized spacial score (nSPS) is 34.7. The SMILES string of the molecule is C[C@@H]1[C@H](C)CCC[C@@H]1NC(=O)[C@@H]1N(Cc2ccccc2)C(=O)[C@@H]2[C@H](C(=O)Nc3cccc(Cl)c3)[C@@H]3C=C[C@]21O3. The summed E-state index contributed by atoms with van der Waals surface area (Å²) >= 11 is 6.12. The summed E-state index contributed by atoms with van der Waals surface area (Å²) in [6, 6.07) is 15.7. The third kappa shape index (κ3) is 4.45. The molecule has 2 bridgehead atoms. The third-order valence-corrected chi connectivity index (χ3v) is 9.48. The van der Waals surface area contributed by atoms with Gasteiger partial charge in [-0.15, -0.1) is 0 Å². The third-order valence-electron chi connectivity index (χ3n) is 9.25. The molecular weight excluding hydrogens is 514 g/mol. The molecule has 39 heavy (non-hydrogen) atoms. The van der Waals surface area contributed by atoms with Crippen LogP contribution in [-0.2, 0) is 25.7 Å². The van der Waals surface area contributed by atoms with Gasteiger partial charge in [0, 0.05) is 23.3 Å². The van der Waals surface area contributed by atoms with Crippen molar-refractivity contribution in [3.05, 3.63) is 77.3 Å². The van der Waals surface area contributed by atoms with Gasteiger partial charge in [-0.3, -0.25) is 14.4 Å². The van der Waals surface area contributed by atoms with Crippen molar-refractivity contribution in [3.63, 3.8) is 0 Å². The number of benzene rings is 2. The maximum absolute atomic E-state index is 14.2. The highest BCUT2D eigenvalue weighted by atomic mass is 35.5. The molecule has 2 aromatic rings. The minimum absolute atomic E-state index is 0.0369. The highest BCUT2D eigenvalue weighted by Crippen LogP contribution is 2.55. The van der Waals surface area contributed by atoms with Gasteiger partial charge in [0.05, 0.1) is 17.9 Å². The van der Waals surface area contributed by atoms with E-state index in [2.05, 4.69) is 24.5 Å². The number of ether oxygens (including phenoxy) is 1. The Morgan fingerprint density at radius 2 is 1.87 bits per heavy atom. The largest absolute Gasteiger partial charge is 0.359 e. The van der Waals surface area contributed by atoms with Crippen molar-refractivity contribution in [1.82, 2.24) is 10.2 Å². The van der Waals surface area contributed by atoms with Gasteiger partial charge in [-0.05, 0) is 42.0 Å². The molecule has 1 aliphatic carbocycles. The molecule has 3 amide bonds. The number of carbonyl (C=O) groups excluding carboxylic acids is 3. The smallest absolute Gasteiger partial charge is 0.246 e. The highest BCUT2D eigenvalue weighted by Gasteiger charge is 2.72. The van der Waals surface area contributed by atoms with Crippen molar-refractivity contribution in [2.75, 3.05) is 5.32 Å². The Labute approximate surface area is 233 Å². The maximum atomic E-state index is 14.2. The van der Waals surface area contributed by atoms with Crippen molar-refractivity contribution in [2.24, 2.45) is 23.7 Å². The van der Waals surface area contributed by atoms with E-state index in [0.717, 1.165) is 24.8 Å². The Kier molecular flexibility index (Phi) is 6.76. The molecule has 4 aliphatic rings. The van der Waals surface area contributed by atoms with E-state index in [9.17, 15) is 14.4 Å². The van der Waals surface area contributed by atoms with Crippen molar-refractivity contribution in [3.8, 4) is 0 Å². The molecule has 1 saturated carbocycles. The van der Waals surface area contributed by atoms with Crippen LogP contribution in [-0.4, -0.2) is 46.4 Å². The number of nitrogens with zero attached hydrogens (tertiary/aromatic N) is 1. The first-order chi connectivity index (χ1) is 18.8. The fraction of sp³-hybridized carbons (Fsp3) is 0.452. The Morgan fingerprint density at radius 3 is 2.64 bits per heavy atom. The zero-order chi connectivity index (χ0) is 27.3. The van der Waals surface area contributed by atoms with Gasteiger partial charge in [0.25, 0.3) is 0 Å². The quantitative estimate of drug-likeness (QED) is 0.519. The first-order valence-electron chi connectivity index (χ1n) is 13.9. The van der Waals surface area contributed by atoms with Crippen LogP contribution < -0.4 is 10.6 Å². The van der Waals surface area contributed by atoms with Crippen molar-refractivity contribution in [2.45, 2.75) is 63.4 Å². The summed E-state index contributed by atoms with van der Waals surface area (Å²) in [6.45, 7) is 4.67. The van der Waals surface area contributed by atoms with Gasteiger partial charge < -0.3 is 20.3 Å². The molecule has 3 heterocycles. The van der Waals surface area contributed by atoms with Crippen molar-refractivity contribution < 1.29 is 19.1 Å². The second kappa shape index (κ2) is 10.1. The van der Waals surface area contributed by atoms with Crippen LogP contribution in [0.15, 0.2) is 66.7 Å². The van der Waals surface area contributed by atoms with E-state index in [1.54, 1.807) is 29.2 Å². The number of amides is 3. The van der Waals surface area contributed by atoms with Gasteiger partial charge in [-0.1, -0.05) is 86.8 Å². The minimum Gasteiger partial charge on any atom is -0.359 e. The van der Waals surface area contributed by atoms with E-state index in [1.165, 1.54) is 0 Å². The van der Waals surface area contributed by atoms with Crippen molar-refractivity contribution >= 4 is 35.0 Å². The predicted octanol–water partition coefficient (Wildman–Crippen LogP) is 4.57. The van der Waals surface area contributed by atoms with Gasteiger partial charge in [-0.2, -0.15) is 0 Å². The Bertz CT molecular complexity index is 1320. The molecule has 204 valence electrons. The van der Waals surface area contributed by atoms with E-state index < -0.39 is 29.6 Å². The number of hydrogen-bond donors (Lipinski definition) is 2. The molecule has 2 N–H and O–H groups in total. The number of nitrogens with one attached hydrogen (secondary N) is 2. The molecule has 0 aromatic heterocycles. The zero-order valence-electron chi connectivity index (χ0n) is 22.2. The number of hydrogen-bond acceptors (Lipinski definition) is 4. The van der Waals surface area contributed by atoms with Gasteiger partial charge >= 0.3 is 0 Å². The number of anilines is 1. The summed E-state index contributed by atoms with van der Waals surface area (Å²) in [5, 5.41) is 6.71. The van der Waals surface area contributed by atoms with E-state index in [4.69, 9.17) is 16.3 Å². The van der Waals surface area contributed by atoms with Crippen LogP contribution in [0, 0.1) is 23.7 Å². The first-order valence-corrected chi connectivity index (χ1v) is 14.2. The van der Waals surface area contributed by atoms with Crippen LogP contribution in [0.1, 0.15) is 38.7 Å². The highest BCUT2D eigenvalue weighted by molar-refractivity contribution is 6.30. The average molecular weight is 548 g/mol. The summed E-state index contributed by atoms with van der Waals surface area (Å²) in [7, 11) is 0. The van der Waals surface area contributed by atoms with Gasteiger partial charge in [0.2, 0.25) is 17.7 Å². The molecule has 2 aromatic carbocycles. The topological polar surface area (TPSA) is 87.7 Å². The van der Waals surface area contributed by atoms with Gasteiger partial charge in [0.15, 0.2) is 0 Å². The lowest BCUT2D eigenvalue weighted by atomic mass is 9.73. The summed E-state index contributed by atoms with van der Waals surface area (Å²) in [5.74, 6) is -1.47. The van der Waals surface area contributed by atoms with Crippen LogP contribution in [0.2, 0.25) is 5.02 Å². The van der Waals surface area contributed by atoms with Crippen LogP contribution in [0.5, 0.6) is 0 Å². The minimum atomic E-state index is -1.19. The molecule has 8 atom stereocenters. The van der Waals surface area contributed by atoms with Crippen LogP contribution in [0.4, 0.5) is 5.69 Å². The number of halogens is 1. The fourth-order valence-corrected chi connectivity index (χ4v) is 7.25. The monoisotopic (exact) mass is 547 g/mol. The zero-order valence-corrected chi connectivity index (χ0v) is 22.9. The summed E-state index contributed by atoms with van der Waals surface area (Å²) in [4.78, 5) is 43.5. The van der Waals surface area contributed by atoms with Gasteiger partial charge in [0.1, 0.15) is 11.6 Å². The van der Waals surface area contributed by atoms with Gasteiger partial charge in [-0.25, -0.2) is 0 Å². The van der Waals surface area contributed by atoms with E-state index >= 15 is 0 Å². The van der Waals surface area contributed by atoms with Crippen molar-refractivity contribution in [1.29, 1.82) is 0 Å². The molecule has 7 nitrogen and oxygen atoms in total. The molecule has 2 saturated heterocycles. The predicted molar refractivity (Wildman–Crippen MR) is 149 cm³/mol. The Morgan fingerprint density at radius 1 is 1.08 bits per heavy atom. The molecule has 8 heteroatoms. The summed E-state index contributed by atoms with van der Waals surface area (Å²) in [5.41, 5.74) is 0.272. The van der Waals surface area contributed by atoms with E-state index in [1.807, 2.05) is 42.5 Å². The Hall–Kier alpha value is -3.16. The standard InChI is InChI=1S/C31H34ClN3O4/c1-18-8-6-13-23(19(18)2)34-29(37)27-31-15-14-24(39-31)25(28(36)33-22-12-7-11-21(32)16-22)26(31)30(38)35(27)17-20-9-4-3-5-10-20/h3-5,7,9-12,14-16,18-19,23-27H,6,8,13,17H2,1-2H3,(H,33,36)(H,34,37)/t18-,19-,23+,24+,25-,26+,27+,31+/m1/s1. The van der Waals surface area contributed by atoms with E-state index in [-0.39, 0.29) is 30.3 Å². The van der Waals surface area contributed by atoms with Crippen LogP contribution in [0.25, 0.3) is 0 Å². The Balaban J connectivity index is 1.33. The lowest BCUT2D eigenvalue weighted by Crippen LogP contribution is -2.57. The molecule has 0 radical (unpaired) electrons. The lowest BCUT2D eigenvalue weighted by molar-refractivity contribution is -0.142. The molecule has 3 aliphatic heterocycles. The maximum Gasteiger partial charge on any atom is 0.246 e. The number of likely N-dealkylation sites (tertiary alicyclic amines) is 1. The second-order valence-electron chi connectivity index (χ2n) is 11.5.